The predicted molar refractivity (Wildman–Crippen MR) is 102 cm³/mol. The Bertz CT molecular complexity index is 1090. The highest BCUT2D eigenvalue weighted by Crippen LogP contribution is 2.42. The van der Waals surface area contributed by atoms with Crippen molar-refractivity contribution in [3.05, 3.63) is 80.7 Å². The molecule has 2 heterocycles. The summed E-state index contributed by atoms with van der Waals surface area (Å²) in [6.07, 6.45) is 0. The van der Waals surface area contributed by atoms with Crippen LogP contribution in [-0.2, 0) is 6.61 Å². The zero-order valence-electron chi connectivity index (χ0n) is 14.3. The summed E-state index contributed by atoms with van der Waals surface area (Å²) < 4.78 is 5.68. The first-order valence-electron chi connectivity index (χ1n) is 8.23. The van der Waals surface area contributed by atoms with Gasteiger partial charge >= 0.3 is 0 Å². The molecule has 3 aromatic rings. The monoisotopic (exact) mass is 395 g/mol. The predicted octanol–water partition coefficient (Wildman–Crippen LogP) is 3.29. The van der Waals surface area contributed by atoms with Crippen molar-refractivity contribution < 1.29 is 19.2 Å². The Morgan fingerprint density at radius 3 is 2.50 bits per heavy atom. The topological polar surface area (TPSA) is 111 Å². The van der Waals surface area contributed by atoms with E-state index in [0.717, 1.165) is 21.8 Å². The van der Waals surface area contributed by atoms with Crippen molar-refractivity contribution in [1.82, 2.24) is 10.9 Å². The molecule has 1 aliphatic rings. The number of fused-ring (bicyclic) bond motifs is 3. The molecule has 8 nitrogen and oxygen atoms in total. The molecule has 0 saturated heterocycles. The Labute approximate surface area is 162 Å². The molecule has 0 bridgehead atoms. The summed E-state index contributed by atoms with van der Waals surface area (Å²) in [6, 6.07) is 14.4. The molecular weight excluding hydrogens is 382 g/mol. The number of carbonyl (C=O) groups excluding carboxylic acids is 2. The molecule has 2 amide bonds. The van der Waals surface area contributed by atoms with Crippen LogP contribution in [0, 0.1) is 10.1 Å². The summed E-state index contributed by atoms with van der Waals surface area (Å²) in [7, 11) is 0. The first kappa shape index (κ1) is 17.7. The van der Waals surface area contributed by atoms with Gasteiger partial charge in [-0.1, -0.05) is 12.1 Å². The third-order valence-corrected chi connectivity index (χ3v) is 5.39. The van der Waals surface area contributed by atoms with Crippen molar-refractivity contribution >= 4 is 28.8 Å². The van der Waals surface area contributed by atoms with E-state index < -0.39 is 16.7 Å². The van der Waals surface area contributed by atoms with Gasteiger partial charge in [0, 0.05) is 33.7 Å². The lowest BCUT2D eigenvalue weighted by Crippen LogP contribution is -2.41. The second-order valence-electron chi connectivity index (χ2n) is 5.96. The maximum absolute atomic E-state index is 12.4. The quantitative estimate of drug-likeness (QED) is 0.522. The van der Waals surface area contributed by atoms with Crippen LogP contribution in [0.1, 0.15) is 25.6 Å². The SMILES string of the molecule is O=C(NNC(=O)c1cc2c(s1)-c1ccccc1OC2)c1ccc([N+](=O)[O-])cc1. The van der Waals surface area contributed by atoms with Crippen molar-refractivity contribution in [2.24, 2.45) is 0 Å². The van der Waals surface area contributed by atoms with E-state index in [0.29, 0.717) is 11.5 Å². The first-order chi connectivity index (χ1) is 13.5. The number of non-ortho nitro benzene ring substituents is 1. The average molecular weight is 395 g/mol. The Hall–Kier alpha value is -3.72. The highest BCUT2D eigenvalue weighted by atomic mass is 32.1. The van der Waals surface area contributed by atoms with Gasteiger partial charge in [0.15, 0.2) is 0 Å². The van der Waals surface area contributed by atoms with Crippen LogP contribution in [0.3, 0.4) is 0 Å². The number of nitrogens with zero attached hydrogens (tertiary/aromatic N) is 1. The number of nitro groups is 1. The lowest BCUT2D eigenvalue weighted by molar-refractivity contribution is -0.384. The molecule has 28 heavy (non-hydrogen) atoms. The zero-order valence-corrected chi connectivity index (χ0v) is 15.1. The van der Waals surface area contributed by atoms with Crippen LogP contribution in [0.5, 0.6) is 5.75 Å². The van der Waals surface area contributed by atoms with Gasteiger partial charge in [-0.15, -0.1) is 11.3 Å². The van der Waals surface area contributed by atoms with Gasteiger partial charge in [-0.3, -0.25) is 30.6 Å². The molecule has 1 aromatic heterocycles. The summed E-state index contributed by atoms with van der Waals surface area (Å²) in [6.45, 7) is 0.380. The highest BCUT2D eigenvalue weighted by molar-refractivity contribution is 7.17. The molecule has 0 atom stereocenters. The van der Waals surface area contributed by atoms with E-state index in [1.807, 2.05) is 24.3 Å². The molecule has 9 heteroatoms. The smallest absolute Gasteiger partial charge is 0.279 e. The number of nitrogens with one attached hydrogen (secondary N) is 2. The summed E-state index contributed by atoms with van der Waals surface area (Å²) in [5.74, 6) is -0.249. The molecule has 0 saturated carbocycles. The van der Waals surface area contributed by atoms with Gasteiger partial charge in [-0.2, -0.15) is 0 Å². The van der Waals surface area contributed by atoms with E-state index >= 15 is 0 Å². The van der Waals surface area contributed by atoms with E-state index in [4.69, 9.17) is 4.74 Å². The lowest BCUT2D eigenvalue weighted by Gasteiger charge is -2.16. The Balaban J connectivity index is 1.44. The van der Waals surface area contributed by atoms with Crippen LogP contribution in [-0.4, -0.2) is 16.7 Å². The van der Waals surface area contributed by atoms with Gasteiger partial charge < -0.3 is 4.74 Å². The minimum atomic E-state index is -0.571. The number of benzene rings is 2. The normalized spacial score (nSPS) is 11.6. The van der Waals surface area contributed by atoms with Gasteiger partial charge in [0.25, 0.3) is 17.5 Å². The van der Waals surface area contributed by atoms with Crippen LogP contribution >= 0.6 is 11.3 Å². The number of rotatable bonds is 3. The summed E-state index contributed by atoms with van der Waals surface area (Å²) in [4.78, 5) is 36.0. The second-order valence-corrected chi connectivity index (χ2v) is 7.01. The van der Waals surface area contributed by atoms with Crippen molar-refractivity contribution in [3.63, 3.8) is 0 Å². The van der Waals surface area contributed by atoms with Gasteiger partial charge in [-0.05, 0) is 30.3 Å². The minimum absolute atomic E-state index is 0.118. The fourth-order valence-electron chi connectivity index (χ4n) is 2.79. The molecule has 0 fully saturated rings. The fourth-order valence-corrected chi connectivity index (χ4v) is 3.89. The largest absolute Gasteiger partial charge is 0.488 e. The molecular formula is C19H13N3O5S. The third-order valence-electron chi connectivity index (χ3n) is 4.18. The standard InChI is InChI=1S/C19H13N3O5S/c23-18(11-5-7-13(8-6-11)22(25)26)20-21-19(24)16-9-12-10-27-15-4-2-1-3-14(15)17(12)28-16/h1-9H,10H2,(H,20,23)(H,21,24). The molecule has 4 rings (SSSR count). The van der Waals surface area contributed by atoms with E-state index in [1.54, 1.807) is 6.07 Å². The lowest BCUT2D eigenvalue weighted by atomic mass is 10.1. The van der Waals surface area contributed by atoms with Gasteiger partial charge in [0.2, 0.25) is 0 Å². The average Bonchev–Trinajstić information content (AvgIpc) is 3.17. The van der Waals surface area contributed by atoms with E-state index in [2.05, 4.69) is 10.9 Å². The van der Waals surface area contributed by atoms with Gasteiger partial charge in [-0.25, -0.2) is 0 Å². The molecule has 0 spiro atoms. The summed E-state index contributed by atoms with van der Waals surface area (Å²) in [5, 5.41) is 10.7. The Morgan fingerprint density at radius 2 is 1.75 bits per heavy atom. The number of carbonyl (C=O) groups is 2. The molecule has 140 valence electrons. The number of thiophene rings is 1. The first-order valence-corrected chi connectivity index (χ1v) is 9.04. The van der Waals surface area contributed by atoms with E-state index in [-0.39, 0.29) is 11.3 Å². The number of amides is 2. The zero-order chi connectivity index (χ0) is 19.7. The molecule has 0 aliphatic carbocycles. The number of ether oxygens (including phenoxy) is 1. The number of hydrogen-bond acceptors (Lipinski definition) is 6. The number of nitro benzene ring substituents is 1. The van der Waals surface area contributed by atoms with Crippen LogP contribution < -0.4 is 15.6 Å². The van der Waals surface area contributed by atoms with Gasteiger partial charge in [0.05, 0.1) is 9.80 Å². The molecule has 1 aliphatic heterocycles. The third kappa shape index (κ3) is 3.30. The van der Waals surface area contributed by atoms with Crippen molar-refractivity contribution in [1.29, 1.82) is 0 Å². The van der Waals surface area contributed by atoms with Crippen molar-refractivity contribution in [2.45, 2.75) is 6.61 Å². The fraction of sp³-hybridized carbons (Fsp3) is 0.0526. The van der Waals surface area contributed by atoms with E-state index in [9.17, 15) is 19.7 Å². The minimum Gasteiger partial charge on any atom is -0.488 e. The summed E-state index contributed by atoms with van der Waals surface area (Å²) in [5.41, 5.74) is 6.60. The summed E-state index contributed by atoms with van der Waals surface area (Å²) >= 11 is 1.32. The Morgan fingerprint density at radius 1 is 1.04 bits per heavy atom. The van der Waals surface area contributed by atoms with Crippen molar-refractivity contribution in [3.8, 4) is 16.2 Å². The van der Waals surface area contributed by atoms with E-state index in [1.165, 1.54) is 35.6 Å². The van der Waals surface area contributed by atoms with Crippen LogP contribution in [0.15, 0.2) is 54.6 Å². The second kappa shape index (κ2) is 7.12. The maximum Gasteiger partial charge on any atom is 0.279 e. The molecule has 0 radical (unpaired) electrons. The number of para-hydroxylation sites is 1. The number of hydrogen-bond donors (Lipinski definition) is 2. The van der Waals surface area contributed by atoms with Gasteiger partial charge in [0.1, 0.15) is 12.4 Å². The molecule has 2 aromatic carbocycles. The maximum atomic E-state index is 12.4. The molecule has 2 N–H and O–H groups in total. The van der Waals surface area contributed by atoms with Crippen LogP contribution in [0.2, 0.25) is 0 Å². The Kier molecular flexibility index (Phi) is 4.50. The van der Waals surface area contributed by atoms with Crippen molar-refractivity contribution in [2.75, 3.05) is 0 Å². The molecule has 0 unspecified atom stereocenters. The van der Waals surface area contributed by atoms with Crippen LogP contribution in [0.4, 0.5) is 5.69 Å². The highest BCUT2D eigenvalue weighted by Gasteiger charge is 2.22. The van der Waals surface area contributed by atoms with Crippen LogP contribution in [0.25, 0.3) is 10.4 Å². The number of hydrazine groups is 1.